The van der Waals surface area contributed by atoms with E-state index >= 15 is 0 Å². The molecule has 8 N–H and O–H groups in total. The summed E-state index contributed by atoms with van der Waals surface area (Å²) >= 11 is 4.62. The summed E-state index contributed by atoms with van der Waals surface area (Å²) < 4.78 is 67.8. The van der Waals surface area contributed by atoms with Crippen LogP contribution in [0.1, 0.15) is 95.9 Å². The predicted octanol–water partition coefficient (Wildman–Crippen LogP) is 13.8. The topological polar surface area (TPSA) is 328 Å². The van der Waals surface area contributed by atoms with Crippen LogP contribution in [-0.4, -0.2) is 262 Å². The Labute approximate surface area is 778 Å². The lowest BCUT2D eigenvalue weighted by Gasteiger charge is -2.23. The number of carboxylic acids is 1. The van der Waals surface area contributed by atoms with Crippen molar-refractivity contribution in [3.05, 3.63) is 239 Å². The molecule has 0 amide bonds. The highest BCUT2D eigenvalue weighted by Gasteiger charge is 2.25. The number of aryl methyl sites for hydroxylation is 8. The lowest BCUT2D eigenvalue weighted by Crippen LogP contribution is -2.35. The Morgan fingerprint density at radius 1 is 0.310 bits per heavy atom. The maximum absolute atomic E-state index is 12.3. The van der Waals surface area contributed by atoms with Crippen molar-refractivity contribution in [3.63, 3.8) is 0 Å². The van der Waals surface area contributed by atoms with Crippen LogP contribution in [0.2, 0.25) is 0 Å². The van der Waals surface area contributed by atoms with Crippen molar-refractivity contribution in [1.82, 2.24) is 19.6 Å². The normalized spacial score (nSPS) is 12.9. The summed E-state index contributed by atoms with van der Waals surface area (Å²) in [5, 5.41) is 17.9. The molecule has 129 heavy (non-hydrogen) atoms. The number of nitrogens with two attached hydrogens (primary N) is 3. The molecule has 0 aliphatic heterocycles. The Kier molecular flexibility index (Phi) is 53.9. The standard InChI is InChI=1S/3C25H36N2O4S.C25H33NO7/c3*1-27(2)17-22(31-25(28)16-15-24(26)32-4)18-30-23-8-6-5-7-20(23)12-9-19-10-13-21(29-3)14-11-19;1-26(2)16-21(33-24(28)15-14-22(27)25(29)30)17-32-23-7-5-4-6-19(23)11-8-18-9-12-20(31-3)13-10-18/h3*5-8,10-11,13-14,22,24H,9,12,15-18,26H2,1-4H3;4-7,9-10,12-13,21-22,27H,8,11,14-17H2,1-3H3,(H,29,30)/t22-,24+;22-,24-;;21-,22-/m01.0/s1. The molecule has 2 unspecified atom stereocenters. The zero-order valence-electron chi connectivity index (χ0n) is 78.1. The summed E-state index contributed by atoms with van der Waals surface area (Å²) in [5.74, 6) is 3.95. The van der Waals surface area contributed by atoms with Crippen molar-refractivity contribution in [1.29, 1.82) is 0 Å². The van der Waals surface area contributed by atoms with Crippen LogP contribution >= 0.6 is 35.3 Å². The molecule has 0 fully saturated rings. The van der Waals surface area contributed by atoms with Crippen LogP contribution in [0, 0.1) is 0 Å². The van der Waals surface area contributed by atoms with Gasteiger partial charge in [0.1, 0.15) is 96.8 Å². The number of aliphatic hydroxyl groups is 1. The molecule has 0 aliphatic rings. The van der Waals surface area contributed by atoms with Crippen LogP contribution < -0.4 is 55.1 Å². The van der Waals surface area contributed by atoms with E-state index in [4.69, 9.17) is 79.1 Å². The van der Waals surface area contributed by atoms with Crippen molar-refractivity contribution >= 4 is 65.1 Å². The van der Waals surface area contributed by atoms with Crippen LogP contribution in [0.3, 0.4) is 0 Å². The van der Waals surface area contributed by atoms with Crippen LogP contribution in [-0.2, 0) is 94.3 Å². The number of rotatable bonds is 56. The van der Waals surface area contributed by atoms with Crippen LogP contribution in [0.4, 0.5) is 0 Å². The molecular formula is C100H141N7O19S3. The molecule has 0 bridgehead atoms. The monoisotopic (exact) mass is 1840 g/mol. The Bertz CT molecular complexity index is 4120. The second kappa shape index (κ2) is 63.3. The lowest BCUT2D eigenvalue weighted by molar-refractivity contribution is -0.154. The van der Waals surface area contributed by atoms with Crippen LogP contribution in [0.5, 0.6) is 46.0 Å². The quantitative estimate of drug-likeness (QED) is 0.0134. The maximum Gasteiger partial charge on any atom is 0.332 e. The molecule has 0 saturated carbocycles. The minimum Gasteiger partial charge on any atom is -0.497 e. The molecule has 0 radical (unpaired) electrons. The van der Waals surface area contributed by atoms with Gasteiger partial charge in [-0.05, 0) is 270 Å². The van der Waals surface area contributed by atoms with Gasteiger partial charge in [0.25, 0.3) is 0 Å². The number of esters is 4. The van der Waals surface area contributed by atoms with E-state index in [1.807, 2.05) is 234 Å². The molecule has 708 valence electrons. The molecule has 8 aromatic carbocycles. The van der Waals surface area contributed by atoms with Gasteiger partial charge in [-0.25, -0.2) is 4.79 Å². The number of nitrogens with zero attached hydrogens (tertiary/aromatic N) is 4. The van der Waals surface area contributed by atoms with Gasteiger partial charge in [0.05, 0.1) is 44.6 Å². The summed E-state index contributed by atoms with van der Waals surface area (Å²) in [5.41, 5.74) is 27.0. The van der Waals surface area contributed by atoms with Crippen molar-refractivity contribution in [2.75, 3.05) is 156 Å². The van der Waals surface area contributed by atoms with E-state index in [-0.39, 0.29) is 71.8 Å². The molecule has 26 nitrogen and oxygen atoms in total. The van der Waals surface area contributed by atoms with E-state index in [0.717, 1.165) is 120 Å². The zero-order chi connectivity index (χ0) is 94.3. The van der Waals surface area contributed by atoms with Crippen molar-refractivity contribution in [3.8, 4) is 46.0 Å². The Hall–Kier alpha value is -9.76. The number of thioether (sulfide) groups is 3. The van der Waals surface area contributed by atoms with Gasteiger partial charge < -0.3 is 104 Å². The van der Waals surface area contributed by atoms with Gasteiger partial charge in [0.2, 0.25) is 0 Å². The number of aliphatic hydroxyl groups excluding tert-OH is 1. The predicted molar refractivity (Wildman–Crippen MR) is 518 cm³/mol. The SMILES string of the molecule is COc1ccc(CCc2ccccc2OCC(CN(C)C)OC(=O)CCC(N)SC)cc1.COc1ccc(CCc2ccccc2OC[C@@H](CN(C)C)OC(=O)CC[C@H](N)SC)cc1.COc1ccc(CCc2ccccc2OC[C@H](CN(C)C)OC(=O)CC[C@H](N)SC)cc1.COc1ccc(CCc2ccccc2OC[C@H](CN(C)C)OC(=O)CC[C@H](O)C(=O)O)cc1. The third-order valence-electron chi connectivity index (χ3n) is 20.1. The van der Waals surface area contributed by atoms with Crippen LogP contribution in [0.25, 0.3) is 0 Å². The summed E-state index contributed by atoms with van der Waals surface area (Å²) in [4.78, 5) is 67.5. The number of methoxy groups -OCH3 is 4. The van der Waals surface area contributed by atoms with Gasteiger partial charge in [-0.3, -0.25) is 19.2 Å². The number of hydrogen-bond acceptors (Lipinski definition) is 28. The second-order valence-electron chi connectivity index (χ2n) is 31.9. The first-order valence-corrected chi connectivity index (χ1v) is 47.3. The number of carbonyl (C=O) groups excluding carboxylic acids is 4. The molecule has 8 aromatic rings. The molecule has 0 spiro atoms. The first-order valence-electron chi connectivity index (χ1n) is 43.5. The maximum atomic E-state index is 12.3. The third kappa shape index (κ3) is 47.1. The van der Waals surface area contributed by atoms with Gasteiger partial charge in [-0.1, -0.05) is 121 Å². The number of hydrogen-bond donors (Lipinski definition) is 5. The number of para-hydroxylation sites is 4. The number of aliphatic carboxylic acids is 1. The minimum atomic E-state index is -1.58. The van der Waals surface area contributed by atoms with Crippen molar-refractivity contribution < 1.29 is 91.0 Å². The van der Waals surface area contributed by atoms with E-state index in [9.17, 15) is 29.1 Å². The number of carboxylic acid groups (broad SMARTS) is 1. The number of benzene rings is 8. The molecule has 0 aliphatic carbocycles. The van der Waals surface area contributed by atoms with Crippen molar-refractivity contribution in [2.24, 2.45) is 17.2 Å². The van der Waals surface area contributed by atoms with E-state index in [1.165, 1.54) is 22.3 Å². The molecule has 0 saturated heterocycles. The van der Waals surface area contributed by atoms with Gasteiger partial charge in [-0.2, -0.15) is 0 Å². The van der Waals surface area contributed by atoms with Gasteiger partial charge in [-0.15, -0.1) is 35.3 Å². The lowest BCUT2D eigenvalue weighted by atomic mass is 10.0. The molecule has 8 atom stereocenters. The Morgan fingerprint density at radius 2 is 0.512 bits per heavy atom. The van der Waals surface area contributed by atoms with E-state index in [2.05, 4.69) is 54.6 Å². The summed E-state index contributed by atoms with van der Waals surface area (Å²) in [6.45, 7) is 3.29. The summed E-state index contributed by atoms with van der Waals surface area (Å²) in [6.07, 6.45) is 11.9. The fourth-order valence-electron chi connectivity index (χ4n) is 13.0. The van der Waals surface area contributed by atoms with E-state index < -0.39 is 24.1 Å². The second-order valence-corrected chi connectivity index (χ2v) is 35.1. The Balaban J connectivity index is 0.000000305. The number of ether oxygens (including phenoxy) is 12. The molecule has 8 rings (SSSR count). The molecule has 29 heteroatoms. The smallest absolute Gasteiger partial charge is 0.332 e. The average Bonchev–Trinajstić information content (AvgIpc) is 0.878. The molecular weight excluding hydrogens is 1700 g/mol. The van der Waals surface area contributed by atoms with E-state index in [1.54, 1.807) is 63.7 Å². The van der Waals surface area contributed by atoms with Gasteiger partial charge >= 0.3 is 29.8 Å². The Morgan fingerprint density at radius 3 is 0.698 bits per heavy atom. The molecule has 0 aromatic heterocycles. The highest BCUT2D eigenvalue weighted by Crippen LogP contribution is 2.28. The average molecular weight is 1840 g/mol. The molecule has 0 heterocycles. The highest BCUT2D eigenvalue weighted by atomic mass is 32.2. The van der Waals surface area contributed by atoms with Crippen LogP contribution in [0.15, 0.2) is 194 Å². The summed E-state index contributed by atoms with van der Waals surface area (Å²) in [7, 11) is 22.1. The van der Waals surface area contributed by atoms with E-state index in [0.29, 0.717) is 84.5 Å². The first-order chi connectivity index (χ1) is 62.0. The zero-order valence-corrected chi connectivity index (χ0v) is 80.6. The number of likely N-dealkylation sites (N-methyl/N-ethyl adjacent to an activating group) is 4. The third-order valence-corrected chi connectivity index (χ3v) is 22.7. The first kappa shape index (κ1) is 110. The highest BCUT2D eigenvalue weighted by molar-refractivity contribution is 7.99. The largest absolute Gasteiger partial charge is 0.497 e. The van der Waals surface area contributed by atoms with Gasteiger partial charge in [0.15, 0.2) is 6.10 Å². The minimum absolute atomic E-state index is 0.0522. The fourth-order valence-corrected chi connectivity index (χ4v) is 14.1. The summed E-state index contributed by atoms with van der Waals surface area (Å²) in [6, 6.07) is 64.1. The number of carbonyl (C=O) groups is 5. The van der Waals surface area contributed by atoms with Gasteiger partial charge in [0, 0.05) is 51.9 Å². The fraction of sp³-hybridized carbons (Fsp3) is 0.470. The van der Waals surface area contributed by atoms with Crippen molar-refractivity contribution in [2.45, 2.75) is 149 Å².